The summed E-state index contributed by atoms with van der Waals surface area (Å²) in [7, 11) is 1.58. The molecule has 21 heavy (non-hydrogen) atoms. The first-order valence-electron chi connectivity index (χ1n) is 6.35. The summed E-state index contributed by atoms with van der Waals surface area (Å²) in [5, 5.41) is 12.1. The molecule has 1 N–H and O–H groups in total. The number of nitrogens with zero attached hydrogens (tertiary/aromatic N) is 1. The molecule has 0 bridgehead atoms. The van der Waals surface area contributed by atoms with Gasteiger partial charge in [0, 0.05) is 18.2 Å². The third-order valence-corrected chi connectivity index (χ3v) is 3.07. The fraction of sp³-hybridized carbons (Fsp3) is 0.188. The summed E-state index contributed by atoms with van der Waals surface area (Å²) in [6.07, 6.45) is 0. The molecule has 2 aromatic carbocycles. The van der Waals surface area contributed by atoms with Crippen molar-refractivity contribution in [2.45, 2.75) is 12.6 Å². The van der Waals surface area contributed by atoms with E-state index >= 15 is 0 Å². The van der Waals surface area contributed by atoms with Gasteiger partial charge in [0.05, 0.1) is 13.2 Å². The van der Waals surface area contributed by atoms with E-state index in [-0.39, 0.29) is 5.56 Å². The molecule has 0 fully saturated rings. The van der Waals surface area contributed by atoms with Gasteiger partial charge in [-0.3, -0.25) is 5.32 Å². The van der Waals surface area contributed by atoms with Gasteiger partial charge in [0.1, 0.15) is 23.4 Å². The molecule has 3 nitrogen and oxygen atoms in total. The normalized spacial score (nSPS) is 11.7. The fourth-order valence-electron chi connectivity index (χ4n) is 1.92. The van der Waals surface area contributed by atoms with Crippen molar-refractivity contribution in [1.82, 2.24) is 5.32 Å². The van der Waals surface area contributed by atoms with Crippen LogP contribution in [0.25, 0.3) is 0 Å². The molecule has 0 aliphatic carbocycles. The third kappa shape index (κ3) is 3.77. The van der Waals surface area contributed by atoms with Crippen molar-refractivity contribution in [3.8, 4) is 11.8 Å². The molecule has 0 aliphatic rings. The highest BCUT2D eigenvalue weighted by atomic mass is 19.1. The lowest BCUT2D eigenvalue weighted by Crippen LogP contribution is -2.20. The summed E-state index contributed by atoms with van der Waals surface area (Å²) in [4.78, 5) is 0. The molecule has 0 aliphatic heterocycles. The van der Waals surface area contributed by atoms with Crippen molar-refractivity contribution >= 4 is 0 Å². The minimum atomic E-state index is -0.840. The van der Waals surface area contributed by atoms with Gasteiger partial charge in [-0.1, -0.05) is 18.2 Å². The highest BCUT2D eigenvalue weighted by Gasteiger charge is 2.15. The maximum atomic E-state index is 13.7. The number of benzene rings is 2. The van der Waals surface area contributed by atoms with E-state index in [0.29, 0.717) is 6.54 Å². The van der Waals surface area contributed by atoms with E-state index in [1.807, 2.05) is 18.2 Å². The predicted molar refractivity (Wildman–Crippen MR) is 74.5 cm³/mol. The van der Waals surface area contributed by atoms with Crippen LogP contribution in [0.3, 0.4) is 0 Å². The zero-order valence-corrected chi connectivity index (χ0v) is 11.4. The van der Waals surface area contributed by atoms with Crippen LogP contribution < -0.4 is 10.1 Å². The summed E-state index contributed by atoms with van der Waals surface area (Å²) < 4.78 is 31.6. The smallest absolute Gasteiger partial charge is 0.131 e. The number of hydrogen-bond donors (Lipinski definition) is 1. The van der Waals surface area contributed by atoms with Crippen molar-refractivity contribution in [3.05, 3.63) is 65.2 Å². The van der Waals surface area contributed by atoms with E-state index in [9.17, 15) is 8.78 Å². The van der Waals surface area contributed by atoms with Crippen molar-refractivity contribution in [2.75, 3.05) is 7.11 Å². The summed E-state index contributed by atoms with van der Waals surface area (Å²) in [5.74, 6) is -0.660. The molecule has 0 heterocycles. The first kappa shape index (κ1) is 14.9. The van der Waals surface area contributed by atoms with Crippen LogP contribution in [0, 0.1) is 23.0 Å². The summed E-state index contributed by atoms with van der Waals surface area (Å²) >= 11 is 0. The second-order valence-electron chi connectivity index (χ2n) is 4.46. The summed E-state index contributed by atoms with van der Waals surface area (Å²) in [5.41, 5.74) is 1.06. The minimum Gasteiger partial charge on any atom is -0.497 e. The van der Waals surface area contributed by atoms with Gasteiger partial charge in [0.25, 0.3) is 0 Å². The molecule has 2 aromatic rings. The second-order valence-corrected chi connectivity index (χ2v) is 4.46. The standard InChI is InChI=1S/C16H14F2N2O/c1-21-13-5-2-11(3-6-13)10-20-16(9-19)14-7-4-12(17)8-15(14)18/h2-8,16,20H,10H2,1H3. The lowest BCUT2D eigenvalue weighted by Gasteiger charge is -2.13. The summed E-state index contributed by atoms with van der Waals surface area (Å²) in [6, 6.07) is 11.6. The van der Waals surface area contributed by atoms with Gasteiger partial charge >= 0.3 is 0 Å². The molecule has 0 saturated carbocycles. The van der Waals surface area contributed by atoms with Gasteiger partial charge in [0.15, 0.2) is 0 Å². The Hall–Kier alpha value is -2.45. The van der Waals surface area contributed by atoms with Gasteiger partial charge in [-0.05, 0) is 23.8 Å². The fourth-order valence-corrected chi connectivity index (χ4v) is 1.92. The Morgan fingerprint density at radius 1 is 1.19 bits per heavy atom. The minimum absolute atomic E-state index is 0.132. The molecule has 1 atom stereocenters. The van der Waals surface area contributed by atoms with E-state index in [2.05, 4.69) is 5.32 Å². The van der Waals surface area contributed by atoms with E-state index in [4.69, 9.17) is 10.00 Å². The number of rotatable bonds is 5. The molecular formula is C16H14F2N2O. The number of methoxy groups -OCH3 is 1. The Labute approximate surface area is 121 Å². The quantitative estimate of drug-likeness (QED) is 0.918. The second kappa shape index (κ2) is 6.82. The van der Waals surface area contributed by atoms with Crippen LogP contribution >= 0.6 is 0 Å². The molecule has 0 aromatic heterocycles. The average Bonchev–Trinajstić information content (AvgIpc) is 2.50. The van der Waals surface area contributed by atoms with Gasteiger partial charge in [-0.25, -0.2) is 8.78 Å². The van der Waals surface area contributed by atoms with Gasteiger partial charge in [-0.2, -0.15) is 5.26 Å². The van der Waals surface area contributed by atoms with Gasteiger partial charge < -0.3 is 4.74 Å². The molecule has 0 radical (unpaired) electrons. The van der Waals surface area contributed by atoms with E-state index in [1.165, 1.54) is 6.07 Å². The lowest BCUT2D eigenvalue weighted by atomic mass is 10.1. The number of ether oxygens (including phenoxy) is 1. The monoisotopic (exact) mass is 288 g/mol. The molecule has 2 rings (SSSR count). The van der Waals surface area contributed by atoms with Crippen LogP contribution in [0.4, 0.5) is 8.78 Å². The van der Waals surface area contributed by atoms with E-state index < -0.39 is 17.7 Å². The molecule has 108 valence electrons. The van der Waals surface area contributed by atoms with Gasteiger partial charge in [-0.15, -0.1) is 0 Å². The van der Waals surface area contributed by atoms with Crippen LogP contribution in [0.1, 0.15) is 17.2 Å². The Morgan fingerprint density at radius 2 is 1.90 bits per heavy atom. The van der Waals surface area contributed by atoms with Crippen LogP contribution in [0.15, 0.2) is 42.5 Å². The van der Waals surface area contributed by atoms with Crippen LogP contribution in [0.5, 0.6) is 5.75 Å². The van der Waals surface area contributed by atoms with Crippen molar-refractivity contribution in [1.29, 1.82) is 5.26 Å². The highest BCUT2D eigenvalue weighted by Crippen LogP contribution is 2.18. The van der Waals surface area contributed by atoms with Crippen LogP contribution in [-0.2, 0) is 6.54 Å². The van der Waals surface area contributed by atoms with E-state index in [0.717, 1.165) is 23.4 Å². The highest BCUT2D eigenvalue weighted by molar-refractivity contribution is 5.29. The van der Waals surface area contributed by atoms with E-state index in [1.54, 1.807) is 19.2 Å². The zero-order chi connectivity index (χ0) is 15.2. The Balaban J connectivity index is 2.07. The third-order valence-electron chi connectivity index (χ3n) is 3.07. The first-order chi connectivity index (χ1) is 10.1. The number of halogens is 2. The molecule has 0 spiro atoms. The van der Waals surface area contributed by atoms with Crippen LogP contribution in [0.2, 0.25) is 0 Å². The first-order valence-corrected chi connectivity index (χ1v) is 6.35. The maximum Gasteiger partial charge on any atom is 0.131 e. The van der Waals surface area contributed by atoms with Gasteiger partial charge in [0.2, 0.25) is 0 Å². The Morgan fingerprint density at radius 3 is 2.48 bits per heavy atom. The number of nitriles is 1. The molecule has 0 saturated heterocycles. The maximum absolute atomic E-state index is 13.7. The Kier molecular flexibility index (Phi) is 4.85. The topological polar surface area (TPSA) is 45.0 Å². The largest absolute Gasteiger partial charge is 0.497 e. The zero-order valence-electron chi connectivity index (χ0n) is 11.4. The molecule has 1 unspecified atom stereocenters. The number of hydrogen-bond acceptors (Lipinski definition) is 3. The van der Waals surface area contributed by atoms with Crippen molar-refractivity contribution in [3.63, 3.8) is 0 Å². The Bertz CT molecular complexity index is 650. The summed E-state index contributed by atoms with van der Waals surface area (Å²) in [6.45, 7) is 0.388. The molecule has 0 amide bonds. The SMILES string of the molecule is COc1ccc(CNC(C#N)c2ccc(F)cc2F)cc1. The number of nitrogens with one attached hydrogen (secondary N) is 1. The van der Waals surface area contributed by atoms with Crippen molar-refractivity contribution < 1.29 is 13.5 Å². The van der Waals surface area contributed by atoms with Crippen LogP contribution in [-0.4, -0.2) is 7.11 Å². The predicted octanol–water partition coefficient (Wildman–Crippen LogP) is 3.33. The molecular weight excluding hydrogens is 274 g/mol. The lowest BCUT2D eigenvalue weighted by molar-refractivity contribution is 0.414. The molecule has 5 heteroatoms. The van der Waals surface area contributed by atoms with Crippen molar-refractivity contribution in [2.24, 2.45) is 0 Å². The average molecular weight is 288 g/mol.